The first-order valence-corrected chi connectivity index (χ1v) is 16.0. The summed E-state index contributed by atoms with van der Waals surface area (Å²) in [7, 11) is 3.02. The monoisotopic (exact) mass is 612 g/mol. The number of rotatable bonds is 19. The lowest BCUT2D eigenvalue weighted by Crippen LogP contribution is -2.22. The molecule has 0 unspecified atom stereocenters. The number of phenolic OH excluding ortho intramolecular Hbond substituents is 2. The van der Waals surface area contributed by atoms with Crippen LogP contribution in [-0.2, 0) is 22.7 Å². The Balaban J connectivity index is 0.000000440. The molecule has 0 atom stereocenters. The third kappa shape index (κ3) is 18.1. The summed E-state index contributed by atoms with van der Waals surface area (Å²) in [5.41, 5.74) is 1.82. The number of benzene rings is 2. The molecule has 0 spiro atoms. The second-order valence-electron chi connectivity index (χ2n) is 11.8. The average molecular weight is 613 g/mol. The fourth-order valence-corrected chi connectivity index (χ4v) is 4.35. The van der Waals surface area contributed by atoms with Gasteiger partial charge in [-0.1, -0.05) is 77.7 Å². The number of phenols is 2. The maximum atomic E-state index is 11.8. The second kappa shape index (κ2) is 22.8. The first kappa shape index (κ1) is 38.3. The van der Waals surface area contributed by atoms with Crippen molar-refractivity contribution in [3.63, 3.8) is 0 Å². The Labute approximate surface area is 265 Å². The number of nitrogens with one attached hydrogen (secondary N) is 2. The molecular formula is C36H56N2O6. The van der Waals surface area contributed by atoms with E-state index in [1.807, 2.05) is 0 Å². The van der Waals surface area contributed by atoms with Gasteiger partial charge in [0.2, 0.25) is 11.8 Å². The van der Waals surface area contributed by atoms with Crippen LogP contribution >= 0.6 is 0 Å². The van der Waals surface area contributed by atoms with Crippen molar-refractivity contribution in [3.05, 3.63) is 59.7 Å². The smallest absolute Gasteiger partial charge is 0.220 e. The van der Waals surface area contributed by atoms with Crippen molar-refractivity contribution in [1.29, 1.82) is 0 Å². The van der Waals surface area contributed by atoms with Crippen LogP contribution in [0.4, 0.5) is 0 Å². The molecule has 8 nitrogen and oxygen atoms in total. The van der Waals surface area contributed by atoms with Crippen LogP contribution < -0.4 is 20.1 Å². The van der Waals surface area contributed by atoms with Crippen LogP contribution in [0.25, 0.3) is 0 Å². The second-order valence-corrected chi connectivity index (χ2v) is 11.8. The number of methoxy groups -OCH3 is 2. The molecule has 0 bridgehead atoms. The minimum absolute atomic E-state index is 0.0554. The summed E-state index contributed by atoms with van der Waals surface area (Å²) in [5.74, 6) is 2.55. The molecule has 2 rings (SSSR count). The van der Waals surface area contributed by atoms with Crippen molar-refractivity contribution >= 4 is 11.8 Å². The molecule has 0 fully saturated rings. The van der Waals surface area contributed by atoms with Crippen LogP contribution in [0, 0.1) is 11.8 Å². The number of allylic oxidation sites excluding steroid dienone is 2. The summed E-state index contributed by atoms with van der Waals surface area (Å²) in [6.45, 7) is 9.70. The molecule has 44 heavy (non-hydrogen) atoms. The highest BCUT2D eigenvalue weighted by Gasteiger charge is 2.06. The zero-order chi connectivity index (χ0) is 32.7. The van der Waals surface area contributed by atoms with Crippen molar-refractivity contribution in [2.75, 3.05) is 14.2 Å². The van der Waals surface area contributed by atoms with Crippen molar-refractivity contribution in [3.8, 4) is 23.0 Å². The van der Waals surface area contributed by atoms with Gasteiger partial charge in [0.15, 0.2) is 23.0 Å². The molecule has 4 N–H and O–H groups in total. The molecule has 0 aliphatic rings. The molecule has 2 aromatic carbocycles. The predicted octanol–water partition coefficient (Wildman–Crippen LogP) is 7.80. The van der Waals surface area contributed by atoms with Gasteiger partial charge >= 0.3 is 0 Å². The van der Waals surface area contributed by atoms with Gasteiger partial charge in [-0.25, -0.2) is 0 Å². The molecule has 0 aliphatic heterocycles. The van der Waals surface area contributed by atoms with Crippen LogP contribution in [0.1, 0.15) is 103 Å². The fourth-order valence-electron chi connectivity index (χ4n) is 4.35. The lowest BCUT2D eigenvalue weighted by Gasteiger charge is -2.08. The normalized spacial score (nSPS) is 10.9. The highest BCUT2D eigenvalue weighted by Crippen LogP contribution is 2.27. The van der Waals surface area contributed by atoms with Gasteiger partial charge in [0.25, 0.3) is 0 Å². The van der Waals surface area contributed by atoms with Gasteiger partial charge in [-0.3, -0.25) is 9.59 Å². The Kier molecular flexibility index (Phi) is 19.9. The molecule has 2 aromatic rings. The highest BCUT2D eigenvalue weighted by molar-refractivity contribution is 5.76. The first-order chi connectivity index (χ1) is 21.0. The van der Waals surface area contributed by atoms with E-state index in [4.69, 9.17) is 9.47 Å². The fraction of sp³-hybridized carbons (Fsp3) is 0.556. The summed E-state index contributed by atoms with van der Waals surface area (Å²) >= 11 is 0. The molecule has 0 saturated carbocycles. The van der Waals surface area contributed by atoms with Gasteiger partial charge < -0.3 is 30.3 Å². The Bertz CT molecular complexity index is 1130. The maximum Gasteiger partial charge on any atom is 0.220 e. The molecular weight excluding hydrogens is 556 g/mol. The standard InChI is InChI=1S/C18H29NO3.C18H27NO3/c2*1-14(2)8-6-4-5-7-9-18(21)19-13-15-10-11-16(20)17(12-15)22-3/h10-12,14,20H,4-9,13H2,1-3H3,(H,19,21);6,8,10-12,14,20H,4-5,7,9,13H2,1-3H3,(H,19,21)/b;8-6+. The van der Waals surface area contributed by atoms with Crippen molar-refractivity contribution in [1.82, 2.24) is 10.6 Å². The highest BCUT2D eigenvalue weighted by atomic mass is 16.5. The summed E-state index contributed by atoms with van der Waals surface area (Å²) in [6.07, 6.45) is 14.3. The van der Waals surface area contributed by atoms with Crippen LogP contribution in [0.15, 0.2) is 48.6 Å². The van der Waals surface area contributed by atoms with Crippen molar-refractivity contribution in [2.24, 2.45) is 11.8 Å². The van der Waals surface area contributed by atoms with Gasteiger partial charge in [0.1, 0.15) is 0 Å². The van der Waals surface area contributed by atoms with E-state index in [2.05, 4.69) is 50.5 Å². The Morgan fingerprint density at radius 2 is 1.20 bits per heavy atom. The van der Waals surface area contributed by atoms with Crippen LogP contribution in [0.2, 0.25) is 0 Å². The lowest BCUT2D eigenvalue weighted by atomic mass is 10.0. The molecule has 246 valence electrons. The third-order valence-corrected chi connectivity index (χ3v) is 6.95. The molecule has 0 radical (unpaired) electrons. The van der Waals surface area contributed by atoms with E-state index >= 15 is 0 Å². The number of hydrogen-bond acceptors (Lipinski definition) is 6. The molecule has 0 aliphatic carbocycles. The number of unbranched alkanes of at least 4 members (excludes halogenated alkanes) is 5. The van der Waals surface area contributed by atoms with E-state index in [9.17, 15) is 19.8 Å². The SMILES string of the molecule is COc1cc(CNC(=O)CCCC/C=C/C(C)C)ccc1O.COc1cc(CNC(=O)CCCCCCC(C)C)ccc1O. The largest absolute Gasteiger partial charge is 0.504 e. The molecule has 2 amide bonds. The first-order valence-electron chi connectivity index (χ1n) is 16.0. The third-order valence-electron chi connectivity index (χ3n) is 6.95. The zero-order valence-corrected chi connectivity index (χ0v) is 27.8. The van der Waals surface area contributed by atoms with Crippen LogP contribution in [0.3, 0.4) is 0 Å². The number of hydrogen-bond donors (Lipinski definition) is 4. The van der Waals surface area contributed by atoms with Crippen LogP contribution in [-0.4, -0.2) is 36.2 Å². The minimum atomic E-state index is 0.0554. The predicted molar refractivity (Wildman–Crippen MR) is 178 cm³/mol. The van der Waals surface area contributed by atoms with E-state index in [1.54, 1.807) is 36.4 Å². The van der Waals surface area contributed by atoms with Gasteiger partial charge in [0.05, 0.1) is 14.2 Å². The average Bonchev–Trinajstić information content (AvgIpc) is 2.99. The Morgan fingerprint density at radius 3 is 1.66 bits per heavy atom. The summed E-state index contributed by atoms with van der Waals surface area (Å²) < 4.78 is 10.1. The Hall–Kier alpha value is -3.68. The topological polar surface area (TPSA) is 117 Å². The van der Waals surface area contributed by atoms with E-state index in [0.717, 1.165) is 49.1 Å². The van der Waals surface area contributed by atoms with Crippen molar-refractivity contribution < 1.29 is 29.3 Å². The zero-order valence-electron chi connectivity index (χ0n) is 27.8. The number of ether oxygens (including phenoxy) is 2. The molecule has 0 saturated heterocycles. The van der Waals surface area contributed by atoms with Gasteiger partial charge in [-0.15, -0.1) is 0 Å². The van der Waals surface area contributed by atoms with Gasteiger partial charge in [0, 0.05) is 25.9 Å². The molecule has 8 heteroatoms. The molecule has 0 aromatic heterocycles. The van der Waals surface area contributed by atoms with E-state index in [-0.39, 0.29) is 23.3 Å². The van der Waals surface area contributed by atoms with Gasteiger partial charge in [-0.05, 0) is 72.9 Å². The van der Waals surface area contributed by atoms with Crippen molar-refractivity contribution in [2.45, 2.75) is 105 Å². The van der Waals surface area contributed by atoms with E-state index < -0.39 is 0 Å². The number of amides is 2. The lowest BCUT2D eigenvalue weighted by molar-refractivity contribution is -0.122. The number of carbonyl (C=O) groups is 2. The van der Waals surface area contributed by atoms with E-state index in [1.165, 1.54) is 33.5 Å². The Morgan fingerprint density at radius 1 is 0.727 bits per heavy atom. The summed E-state index contributed by atoms with van der Waals surface area (Å²) in [6, 6.07) is 10.2. The van der Waals surface area contributed by atoms with E-state index in [0.29, 0.717) is 43.3 Å². The maximum absolute atomic E-state index is 11.8. The number of carbonyl (C=O) groups excluding carboxylic acids is 2. The molecule has 0 heterocycles. The minimum Gasteiger partial charge on any atom is -0.504 e. The van der Waals surface area contributed by atoms with Crippen LogP contribution in [0.5, 0.6) is 23.0 Å². The van der Waals surface area contributed by atoms with Gasteiger partial charge in [-0.2, -0.15) is 0 Å². The quantitative estimate of drug-likeness (QED) is 0.0950. The summed E-state index contributed by atoms with van der Waals surface area (Å²) in [4.78, 5) is 23.6. The number of aromatic hydroxyl groups is 2. The summed E-state index contributed by atoms with van der Waals surface area (Å²) in [5, 5.41) is 24.8.